The van der Waals surface area contributed by atoms with E-state index in [2.05, 4.69) is 9.97 Å². The van der Waals surface area contributed by atoms with Crippen LogP contribution in [-0.4, -0.2) is 15.1 Å². The van der Waals surface area contributed by atoms with Crippen LogP contribution in [0, 0.1) is 6.92 Å². The molecule has 3 aromatic rings. The number of hydrogen-bond donors (Lipinski definition) is 2. The lowest BCUT2D eigenvalue weighted by atomic mass is 10.1. The van der Waals surface area contributed by atoms with Crippen LogP contribution in [0.25, 0.3) is 11.0 Å². The summed E-state index contributed by atoms with van der Waals surface area (Å²) in [4.78, 5) is 7.69. The largest absolute Gasteiger partial charge is 0.504 e. The van der Waals surface area contributed by atoms with Crippen LogP contribution >= 0.6 is 11.6 Å². The SMILES string of the molecule is Cc1cc(Cl)c(O)c2nc(Cc3ccccc3)[nH]c12. The molecular formula is C15H13ClN2O. The minimum atomic E-state index is 0.0397. The second kappa shape index (κ2) is 4.59. The number of hydrogen-bond acceptors (Lipinski definition) is 2. The third-order valence-corrected chi connectivity index (χ3v) is 3.44. The molecule has 0 bridgehead atoms. The first-order valence-corrected chi connectivity index (χ1v) is 6.43. The molecule has 3 rings (SSSR count). The van der Waals surface area contributed by atoms with Gasteiger partial charge in [-0.2, -0.15) is 0 Å². The van der Waals surface area contributed by atoms with Crippen molar-refractivity contribution in [1.29, 1.82) is 0 Å². The first kappa shape index (κ1) is 12.1. The zero-order chi connectivity index (χ0) is 13.4. The van der Waals surface area contributed by atoms with Crippen molar-refractivity contribution in [3.8, 4) is 5.75 Å². The van der Waals surface area contributed by atoms with Crippen LogP contribution in [-0.2, 0) is 6.42 Å². The molecule has 0 saturated carbocycles. The molecule has 0 aliphatic carbocycles. The Bertz CT molecular complexity index is 735. The maximum Gasteiger partial charge on any atom is 0.162 e. The van der Waals surface area contributed by atoms with Crippen molar-refractivity contribution < 1.29 is 5.11 Å². The maximum absolute atomic E-state index is 9.95. The van der Waals surface area contributed by atoms with Crippen molar-refractivity contribution >= 4 is 22.6 Å². The molecule has 3 nitrogen and oxygen atoms in total. The van der Waals surface area contributed by atoms with Gasteiger partial charge >= 0.3 is 0 Å². The average Bonchev–Trinajstić information content (AvgIpc) is 2.82. The second-order valence-corrected chi connectivity index (χ2v) is 5.00. The van der Waals surface area contributed by atoms with Crippen molar-refractivity contribution in [3.05, 3.63) is 58.4 Å². The molecule has 2 aromatic carbocycles. The number of halogens is 1. The van der Waals surface area contributed by atoms with E-state index in [1.165, 1.54) is 5.56 Å². The van der Waals surface area contributed by atoms with Crippen molar-refractivity contribution in [1.82, 2.24) is 9.97 Å². The molecule has 0 unspecified atom stereocenters. The predicted molar refractivity (Wildman–Crippen MR) is 76.8 cm³/mol. The van der Waals surface area contributed by atoms with Crippen molar-refractivity contribution in [2.45, 2.75) is 13.3 Å². The standard InChI is InChI=1S/C15H13ClN2O/c1-9-7-11(16)15(19)14-13(9)17-12(18-14)8-10-5-3-2-4-6-10/h2-7,19H,8H2,1H3,(H,17,18). The van der Waals surface area contributed by atoms with Gasteiger partial charge in [0.1, 0.15) is 11.3 Å². The highest BCUT2D eigenvalue weighted by Gasteiger charge is 2.13. The van der Waals surface area contributed by atoms with Gasteiger partial charge in [-0.3, -0.25) is 0 Å². The fraction of sp³-hybridized carbons (Fsp3) is 0.133. The molecule has 0 spiro atoms. The highest BCUT2D eigenvalue weighted by atomic mass is 35.5. The van der Waals surface area contributed by atoms with E-state index in [0.29, 0.717) is 17.0 Å². The highest BCUT2D eigenvalue weighted by Crippen LogP contribution is 2.33. The Labute approximate surface area is 115 Å². The number of aromatic amines is 1. The van der Waals surface area contributed by atoms with Crippen LogP contribution in [0.2, 0.25) is 5.02 Å². The molecule has 2 N–H and O–H groups in total. The Hall–Kier alpha value is -2.00. The zero-order valence-corrected chi connectivity index (χ0v) is 11.2. The molecule has 0 saturated heterocycles. The van der Waals surface area contributed by atoms with Gasteiger partial charge in [0.25, 0.3) is 0 Å². The van der Waals surface area contributed by atoms with Gasteiger partial charge < -0.3 is 10.1 Å². The van der Waals surface area contributed by atoms with E-state index in [1.54, 1.807) is 6.07 Å². The Morgan fingerprint density at radius 3 is 2.74 bits per heavy atom. The number of nitrogens with zero attached hydrogens (tertiary/aromatic N) is 1. The third-order valence-electron chi connectivity index (χ3n) is 3.16. The van der Waals surface area contributed by atoms with Crippen LogP contribution in [0.1, 0.15) is 17.0 Å². The lowest BCUT2D eigenvalue weighted by Crippen LogP contribution is -1.89. The zero-order valence-electron chi connectivity index (χ0n) is 10.4. The number of phenolic OH excluding ortho intramolecular Hbond substituents is 1. The molecule has 19 heavy (non-hydrogen) atoms. The fourth-order valence-corrected chi connectivity index (χ4v) is 2.45. The number of phenols is 1. The van der Waals surface area contributed by atoms with Crippen LogP contribution < -0.4 is 0 Å². The molecule has 1 aromatic heterocycles. The number of aromatic nitrogens is 2. The van der Waals surface area contributed by atoms with Gasteiger partial charge in [0, 0.05) is 6.42 Å². The summed E-state index contributed by atoms with van der Waals surface area (Å²) in [6, 6.07) is 11.8. The van der Waals surface area contributed by atoms with Crippen molar-refractivity contribution in [2.24, 2.45) is 0 Å². The van der Waals surface area contributed by atoms with Crippen molar-refractivity contribution in [3.63, 3.8) is 0 Å². The topological polar surface area (TPSA) is 48.9 Å². The first-order chi connectivity index (χ1) is 9.15. The van der Waals surface area contributed by atoms with E-state index >= 15 is 0 Å². The van der Waals surface area contributed by atoms with E-state index < -0.39 is 0 Å². The third kappa shape index (κ3) is 2.17. The number of benzene rings is 2. The molecule has 0 aliphatic rings. The van der Waals surface area contributed by atoms with Crippen LogP contribution in [0.5, 0.6) is 5.75 Å². The summed E-state index contributed by atoms with van der Waals surface area (Å²) in [5, 5.41) is 10.3. The molecule has 0 atom stereocenters. The molecule has 1 heterocycles. The summed E-state index contributed by atoms with van der Waals surface area (Å²) in [6.45, 7) is 1.94. The molecule has 96 valence electrons. The number of aryl methyl sites for hydroxylation is 1. The minimum Gasteiger partial charge on any atom is -0.504 e. The molecule has 0 radical (unpaired) electrons. The summed E-state index contributed by atoms with van der Waals surface area (Å²) in [7, 11) is 0. The summed E-state index contributed by atoms with van der Waals surface area (Å²) >= 11 is 5.96. The lowest BCUT2D eigenvalue weighted by Gasteiger charge is -1.99. The maximum atomic E-state index is 9.95. The van der Waals surface area contributed by atoms with Gasteiger partial charge in [-0.25, -0.2) is 4.98 Å². The quantitative estimate of drug-likeness (QED) is 0.745. The normalized spacial score (nSPS) is 11.1. The van der Waals surface area contributed by atoms with Crippen LogP contribution in [0.4, 0.5) is 0 Å². The van der Waals surface area contributed by atoms with E-state index in [0.717, 1.165) is 16.9 Å². The number of H-pyrrole nitrogens is 1. The number of nitrogens with one attached hydrogen (secondary N) is 1. The van der Waals surface area contributed by atoms with Gasteiger partial charge in [0.05, 0.1) is 10.5 Å². The first-order valence-electron chi connectivity index (χ1n) is 6.05. The van der Waals surface area contributed by atoms with Crippen LogP contribution in [0.15, 0.2) is 36.4 Å². The highest BCUT2D eigenvalue weighted by molar-refractivity contribution is 6.33. The number of imidazole rings is 1. The predicted octanol–water partition coefficient (Wildman–Crippen LogP) is 3.82. The van der Waals surface area contributed by atoms with E-state index in [-0.39, 0.29) is 5.75 Å². The van der Waals surface area contributed by atoms with Gasteiger partial charge in [-0.05, 0) is 24.1 Å². The Morgan fingerprint density at radius 2 is 2.00 bits per heavy atom. The summed E-state index contributed by atoms with van der Waals surface area (Å²) in [6.07, 6.45) is 0.700. The molecule has 0 fully saturated rings. The summed E-state index contributed by atoms with van der Waals surface area (Å²) in [5.41, 5.74) is 3.53. The Balaban J connectivity index is 2.07. The van der Waals surface area contributed by atoms with E-state index in [1.807, 2.05) is 37.3 Å². The van der Waals surface area contributed by atoms with Crippen molar-refractivity contribution in [2.75, 3.05) is 0 Å². The number of fused-ring (bicyclic) bond motifs is 1. The Morgan fingerprint density at radius 1 is 1.26 bits per heavy atom. The number of aromatic hydroxyl groups is 1. The fourth-order valence-electron chi connectivity index (χ4n) is 2.20. The molecule has 4 heteroatoms. The smallest absolute Gasteiger partial charge is 0.162 e. The second-order valence-electron chi connectivity index (χ2n) is 4.59. The van der Waals surface area contributed by atoms with E-state index in [4.69, 9.17) is 11.6 Å². The van der Waals surface area contributed by atoms with Gasteiger partial charge in [0.15, 0.2) is 5.75 Å². The van der Waals surface area contributed by atoms with Crippen LogP contribution in [0.3, 0.4) is 0 Å². The molecular weight excluding hydrogens is 260 g/mol. The monoisotopic (exact) mass is 272 g/mol. The minimum absolute atomic E-state index is 0.0397. The Kier molecular flexibility index (Phi) is 2.91. The van der Waals surface area contributed by atoms with E-state index in [9.17, 15) is 5.11 Å². The molecule has 0 amide bonds. The van der Waals surface area contributed by atoms with Gasteiger partial charge in [-0.15, -0.1) is 0 Å². The van der Waals surface area contributed by atoms with Gasteiger partial charge in [0.2, 0.25) is 0 Å². The lowest BCUT2D eigenvalue weighted by molar-refractivity contribution is 0.480. The molecule has 0 aliphatic heterocycles. The summed E-state index contributed by atoms with van der Waals surface area (Å²) in [5.74, 6) is 0.861. The average molecular weight is 273 g/mol. The number of rotatable bonds is 2. The summed E-state index contributed by atoms with van der Waals surface area (Å²) < 4.78 is 0. The van der Waals surface area contributed by atoms with Gasteiger partial charge in [-0.1, -0.05) is 41.9 Å².